The molecule has 1 aromatic carbocycles. The summed E-state index contributed by atoms with van der Waals surface area (Å²) in [5.41, 5.74) is 0.720. The minimum absolute atomic E-state index is 0.139. The topological polar surface area (TPSA) is 84.9 Å². The van der Waals surface area contributed by atoms with Crippen molar-refractivity contribution in [1.29, 1.82) is 0 Å². The van der Waals surface area contributed by atoms with Gasteiger partial charge in [-0.2, -0.15) is 0 Å². The van der Waals surface area contributed by atoms with Crippen molar-refractivity contribution in [2.75, 3.05) is 18.5 Å². The number of hydrogen-bond donors (Lipinski definition) is 2. The van der Waals surface area contributed by atoms with Gasteiger partial charge in [0, 0.05) is 5.56 Å². The Morgan fingerprint density at radius 1 is 1.61 bits per heavy atom. The third-order valence-electron chi connectivity index (χ3n) is 2.47. The normalized spacial score (nSPS) is 15.1. The van der Waals surface area contributed by atoms with E-state index in [-0.39, 0.29) is 24.7 Å². The van der Waals surface area contributed by atoms with Crippen LogP contribution in [0.25, 0.3) is 0 Å². The number of nitrogens with one attached hydrogen (secondary N) is 1. The molecule has 1 aromatic rings. The van der Waals surface area contributed by atoms with E-state index in [1.165, 1.54) is 0 Å². The number of para-hydroxylation sites is 1. The number of carbonyl (C=O) groups excluding carboxylic acids is 2. The van der Waals surface area contributed by atoms with Crippen molar-refractivity contribution < 1.29 is 24.2 Å². The van der Waals surface area contributed by atoms with E-state index in [4.69, 9.17) is 9.47 Å². The van der Waals surface area contributed by atoms with Gasteiger partial charge in [-0.15, -0.1) is 0 Å². The minimum atomic E-state index is -1.42. The van der Waals surface area contributed by atoms with Gasteiger partial charge in [-0.25, -0.2) is 4.79 Å². The molecule has 6 heteroatoms. The minimum Gasteiger partial charge on any atom is -0.481 e. The molecule has 1 heterocycles. The molecule has 18 heavy (non-hydrogen) atoms. The number of ether oxygens (including phenoxy) is 2. The van der Waals surface area contributed by atoms with E-state index < -0.39 is 12.1 Å². The zero-order valence-electron chi connectivity index (χ0n) is 9.80. The van der Waals surface area contributed by atoms with Gasteiger partial charge in [0.05, 0.1) is 12.3 Å². The number of aliphatic hydroxyl groups is 1. The van der Waals surface area contributed by atoms with Crippen LogP contribution in [-0.2, 0) is 14.3 Å². The molecule has 1 aliphatic rings. The van der Waals surface area contributed by atoms with Crippen LogP contribution < -0.4 is 10.1 Å². The predicted molar refractivity (Wildman–Crippen MR) is 62.2 cm³/mol. The number of rotatable bonds is 3. The molecule has 0 saturated heterocycles. The van der Waals surface area contributed by atoms with Gasteiger partial charge in [-0.05, 0) is 13.0 Å². The Labute approximate surface area is 104 Å². The maximum atomic E-state index is 11.5. The van der Waals surface area contributed by atoms with Crippen molar-refractivity contribution in [2.24, 2.45) is 0 Å². The van der Waals surface area contributed by atoms with Gasteiger partial charge in [0.25, 0.3) is 5.91 Å². The fourth-order valence-electron chi connectivity index (χ4n) is 1.70. The number of aliphatic hydroxyl groups excluding tert-OH is 1. The Hall–Kier alpha value is -2.08. The fraction of sp³-hybridized carbons (Fsp3) is 0.333. The van der Waals surface area contributed by atoms with Crippen molar-refractivity contribution in [3.05, 3.63) is 23.8 Å². The average molecular weight is 251 g/mol. The van der Waals surface area contributed by atoms with Crippen molar-refractivity contribution in [2.45, 2.75) is 13.0 Å². The highest BCUT2D eigenvalue weighted by Gasteiger charge is 2.27. The van der Waals surface area contributed by atoms with Gasteiger partial charge in [0.2, 0.25) is 0 Å². The third kappa shape index (κ3) is 2.28. The lowest BCUT2D eigenvalue weighted by molar-refractivity contribution is -0.153. The number of anilines is 1. The summed E-state index contributed by atoms with van der Waals surface area (Å²) in [5.74, 6) is -0.714. The van der Waals surface area contributed by atoms with Gasteiger partial charge in [-0.3, -0.25) is 4.79 Å². The molecule has 1 aliphatic heterocycles. The van der Waals surface area contributed by atoms with Crippen molar-refractivity contribution >= 4 is 17.6 Å². The number of carbonyl (C=O) groups is 2. The molecule has 96 valence electrons. The molecule has 1 atom stereocenters. The standard InChI is InChI=1S/C12H13NO5/c1-2-17-12(16)10(15)7-4-3-5-8-11(7)18-6-9(14)13-8/h3-5,10,15H,2,6H2,1H3,(H,13,14). The van der Waals surface area contributed by atoms with Crippen LogP contribution >= 0.6 is 0 Å². The van der Waals surface area contributed by atoms with Crippen LogP contribution in [-0.4, -0.2) is 30.2 Å². The molecule has 0 fully saturated rings. The molecule has 1 amide bonds. The molecular weight excluding hydrogens is 238 g/mol. The number of benzene rings is 1. The molecule has 0 aliphatic carbocycles. The predicted octanol–water partition coefficient (Wildman–Crippen LogP) is 0.614. The summed E-state index contributed by atoms with van der Waals surface area (Å²) in [6.07, 6.45) is -1.42. The van der Waals surface area contributed by atoms with E-state index in [1.807, 2.05) is 0 Å². The first kappa shape index (κ1) is 12.4. The van der Waals surface area contributed by atoms with Gasteiger partial charge in [0.1, 0.15) is 5.75 Å². The Balaban J connectivity index is 2.31. The van der Waals surface area contributed by atoms with Crippen LogP contribution in [0.15, 0.2) is 18.2 Å². The number of esters is 1. The van der Waals surface area contributed by atoms with E-state index in [9.17, 15) is 14.7 Å². The summed E-state index contributed by atoms with van der Waals surface area (Å²) < 4.78 is 9.97. The highest BCUT2D eigenvalue weighted by molar-refractivity contribution is 5.96. The average Bonchev–Trinajstić information content (AvgIpc) is 2.37. The Morgan fingerprint density at radius 3 is 3.11 bits per heavy atom. The smallest absolute Gasteiger partial charge is 0.339 e. The monoisotopic (exact) mass is 251 g/mol. The van der Waals surface area contributed by atoms with Crippen LogP contribution in [0.1, 0.15) is 18.6 Å². The highest BCUT2D eigenvalue weighted by Crippen LogP contribution is 2.35. The lowest BCUT2D eigenvalue weighted by Gasteiger charge is -2.22. The number of amides is 1. The molecule has 0 radical (unpaired) electrons. The molecule has 0 bridgehead atoms. The third-order valence-corrected chi connectivity index (χ3v) is 2.47. The van der Waals surface area contributed by atoms with E-state index in [2.05, 4.69) is 5.32 Å². The van der Waals surface area contributed by atoms with Crippen LogP contribution in [0.5, 0.6) is 5.75 Å². The first-order valence-corrected chi connectivity index (χ1v) is 5.53. The van der Waals surface area contributed by atoms with Crippen LogP contribution in [0.2, 0.25) is 0 Å². The Bertz CT molecular complexity index is 485. The van der Waals surface area contributed by atoms with E-state index in [0.717, 1.165) is 0 Å². The van der Waals surface area contributed by atoms with Gasteiger partial charge >= 0.3 is 5.97 Å². The van der Waals surface area contributed by atoms with E-state index in [0.29, 0.717) is 11.4 Å². The summed E-state index contributed by atoms with van der Waals surface area (Å²) in [5, 5.41) is 12.5. The van der Waals surface area contributed by atoms with Crippen molar-refractivity contribution in [3.8, 4) is 5.75 Å². The number of hydrogen-bond acceptors (Lipinski definition) is 5. The number of fused-ring (bicyclic) bond motifs is 1. The van der Waals surface area contributed by atoms with Gasteiger partial charge in [0.15, 0.2) is 12.7 Å². The van der Waals surface area contributed by atoms with Crippen molar-refractivity contribution in [1.82, 2.24) is 0 Å². The second-order valence-electron chi connectivity index (χ2n) is 3.72. The molecule has 0 saturated carbocycles. The Morgan fingerprint density at radius 2 is 2.39 bits per heavy atom. The molecule has 0 aromatic heterocycles. The fourth-order valence-corrected chi connectivity index (χ4v) is 1.70. The SMILES string of the molecule is CCOC(=O)C(O)c1cccc2c1OCC(=O)N2. The molecule has 0 spiro atoms. The second-order valence-corrected chi connectivity index (χ2v) is 3.72. The summed E-state index contributed by atoms with van der Waals surface area (Å²) in [6.45, 7) is 1.70. The van der Waals surface area contributed by atoms with Crippen LogP contribution in [0, 0.1) is 0 Å². The Kier molecular flexibility index (Phi) is 3.47. The van der Waals surface area contributed by atoms with Crippen LogP contribution in [0.4, 0.5) is 5.69 Å². The van der Waals surface area contributed by atoms with E-state index >= 15 is 0 Å². The molecule has 6 nitrogen and oxygen atoms in total. The van der Waals surface area contributed by atoms with Gasteiger partial charge in [-0.1, -0.05) is 12.1 Å². The zero-order valence-corrected chi connectivity index (χ0v) is 9.80. The largest absolute Gasteiger partial charge is 0.481 e. The maximum absolute atomic E-state index is 11.5. The summed E-state index contributed by atoms with van der Waals surface area (Å²) in [6, 6.07) is 4.80. The summed E-state index contributed by atoms with van der Waals surface area (Å²) in [4.78, 5) is 22.6. The quantitative estimate of drug-likeness (QED) is 0.769. The van der Waals surface area contributed by atoms with Gasteiger partial charge < -0.3 is 19.9 Å². The maximum Gasteiger partial charge on any atom is 0.339 e. The lowest BCUT2D eigenvalue weighted by atomic mass is 10.1. The lowest BCUT2D eigenvalue weighted by Crippen LogP contribution is -2.27. The highest BCUT2D eigenvalue weighted by atomic mass is 16.5. The summed E-state index contributed by atoms with van der Waals surface area (Å²) in [7, 11) is 0. The second kappa shape index (κ2) is 5.05. The first-order valence-electron chi connectivity index (χ1n) is 5.53. The molecular formula is C12H13NO5. The van der Waals surface area contributed by atoms with Crippen molar-refractivity contribution in [3.63, 3.8) is 0 Å². The molecule has 2 rings (SSSR count). The zero-order chi connectivity index (χ0) is 13.1. The summed E-state index contributed by atoms with van der Waals surface area (Å²) >= 11 is 0. The van der Waals surface area contributed by atoms with Crippen LogP contribution in [0.3, 0.4) is 0 Å². The first-order chi connectivity index (χ1) is 8.63. The molecule has 1 unspecified atom stereocenters. The molecule has 2 N–H and O–H groups in total. The van der Waals surface area contributed by atoms with E-state index in [1.54, 1.807) is 25.1 Å².